The molecular weight excluding hydrogens is 453 g/mol. The first-order valence-electron chi connectivity index (χ1n) is 11.8. The minimum atomic E-state index is -0.665. The molecule has 2 aliphatic rings. The van der Waals surface area contributed by atoms with Gasteiger partial charge in [0, 0.05) is 25.8 Å². The van der Waals surface area contributed by atoms with Crippen LogP contribution in [0.4, 0.5) is 10.2 Å². The lowest BCUT2D eigenvalue weighted by atomic mass is 10.1. The van der Waals surface area contributed by atoms with Crippen molar-refractivity contribution in [2.24, 2.45) is 0 Å². The molecule has 2 aliphatic heterocycles. The van der Waals surface area contributed by atoms with Crippen molar-refractivity contribution in [1.29, 1.82) is 5.26 Å². The van der Waals surface area contributed by atoms with Crippen LogP contribution in [0.25, 0.3) is 16.9 Å². The molecule has 0 saturated carbocycles. The maximum atomic E-state index is 15.7. The number of carbonyl (C=O) groups is 1. The van der Waals surface area contributed by atoms with Gasteiger partial charge in [0.05, 0.1) is 36.0 Å². The molecule has 0 unspecified atom stereocenters. The zero-order chi connectivity index (χ0) is 24.4. The van der Waals surface area contributed by atoms with Crippen LogP contribution in [0.15, 0.2) is 30.6 Å². The highest BCUT2D eigenvalue weighted by molar-refractivity contribution is 5.78. The van der Waals surface area contributed by atoms with Gasteiger partial charge in [-0.25, -0.2) is 9.50 Å². The molecule has 2 saturated heterocycles. The molecule has 5 heterocycles. The first-order chi connectivity index (χ1) is 17.0. The van der Waals surface area contributed by atoms with Gasteiger partial charge >= 0.3 is 0 Å². The van der Waals surface area contributed by atoms with Gasteiger partial charge in [-0.3, -0.25) is 4.79 Å². The number of halogens is 1. The van der Waals surface area contributed by atoms with E-state index in [0.29, 0.717) is 50.9 Å². The largest absolute Gasteiger partial charge is 0.470 e. The van der Waals surface area contributed by atoms with Crippen molar-refractivity contribution in [3.8, 4) is 23.3 Å². The Balaban J connectivity index is 1.50. The fourth-order valence-corrected chi connectivity index (χ4v) is 4.61. The molecule has 5 rings (SSSR count). The molecule has 10 nitrogen and oxygen atoms in total. The number of aromatic nitrogens is 4. The van der Waals surface area contributed by atoms with Crippen LogP contribution in [-0.4, -0.2) is 73.9 Å². The summed E-state index contributed by atoms with van der Waals surface area (Å²) in [4.78, 5) is 24.6. The Hall–Kier alpha value is -3.78. The summed E-state index contributed by atoms with van der Waals surface area (Å²) in [5.41, 5.74) is 1.42. The SMILES string of the molecule is N#CCC(=O)N1CCC[C@@H](Oc2nc(-c3cnn4ccccc34)nc(N3CCC(O)CC3)c2F)C1. The number of fused-ring (bicyclic) bond motifs is 1. The number of rotatable bonds is 5. The van der Waals surface area contributed by atoms with Crippen LogP contribution in [-0.2, 0) is 4.79 Å². The summed E-state index contributed by atoms with van der Waals surface area (Å²) >= 11 is 0. The second-order valence-electron chi connectivity index (χ2n) is 8.85. The number of carbonyl (C=O) groups excluding carboxylic acids is 1. The fourth-order valence-electron chi connectivity index (χ4n) is 4.61. The molecule has 11 heteroatoms. The van der Waals surface area contributed by atoms with Crippen molar-refractivity contribution in [2.75, 3.05) is 31.1 Å². The van der Waals surface area contributed by atoms with E-state index in [-0.39, 0.29) is 36.4 Å². The molecule has 0 radical (unpaired) electrons. The number of aliphatic hydroxyl groups excluding tert-OH is 1. The first kappa shape index (κ1) is 23.0. The Morgan fingerprint density at radius 2 is 2.06 bits per heavy atom. The molecular formula is C24H26FN7O3. The molecule has 1 N–H and O–H groups in total. The predicted molar refractivity (Wildman–Crippen MR) is 124 cm³/mol. The summed E-state index contributed by atoms with van der Waals surface area (Å²) in [6.07, 6.45) is 4.74. The summed E-state index contributed by atoms with van der Waals surface area (Å²) < 4.78 is 23.5. The number of piperidine rings is 2. The maximum Gasteiger partial charge on any atom is 0.256 e. The van der Waals surface area contributed by atoms with Gasteiger partial charge < -0.3 is 19.6 Å². The van der Waals surface area contributed by atoms with E-state index in [4.69, 9.17) is 10.00 Å². The van der Waals surface area contributed by atoms with E-state index in [9.17, 15) is 9.90 Å². The molecule has 1 atom stereocenters. The summed E-state index contributed by atoms with van der Waals surface area (Å²) in [5.74, 6) is -0.686. The third kappa shape index (κ3) is 4.74. The number of ether oxygens (including phenoxy) is 1. The molecule has 0 aromatic carbocycles. The van der Waals surface area contributed by atoms with Crippen LogP contribution >= 0.6 is 0 Å². The zero-order valence-corrected chi connectivity index (χ0v) is 19.2. The summed E-state index contributed by atoms with van der Waals surface area (Å²) in [5, 5.41) is 23.1. The highest BCUT2D eigenvalue weighted by Gasteiger charge is 2.30. The zero-order valence-electron chi connectivity index (χ0n) is 19.2. The average molecular weight is 480 g/mol. The molecule has 182 valence electrons. The normalized spacial score (nSPS) is 19.1. The van der Waals surface area contributed by atoms with E-state index >= 15 is 4.39 Å². The number of hydrogen-bond acceptors (Lipinski definition) is 8. The van der Waals surface area contributed by atoms with E-state index < -0.39 is 18.0 Å². The number of nitriles is 1. The van der Waals surface area contributed by atoms with Crippen molar-refractivity contribution >= 4 is 17.2 Å². The molecule has 3 aromatic heterocycles. The van der Waals surface area contributed by atoms with Crippen LogP contribution in [0, 0.1) is 17.1 Å². The molecule has 0 aliphatic carbocycles. The average Bonchev–Trinajstić information content (AvgIpc) is 3.30. The Labute approximate surface area is 201 Å². The lowest BCUT2D eigenvalue weighted by Crippen LogP contribution is -2.44. The van der Waals surface area contributed by atoms with Gasteiger partial charge in [0.25, 0.3) is 5.88 Å². The molecule has 2 fully saturated rings. The van der Waals surface area contributed by atoms with Gasteiger partial charge in [-0.2, -0.15) is 19.7 Å². The van der Waals surface area contributed by atoms with Gasteiger partial charge in [0.15, 0.2) is 11.6 Å². The molecule has 3 aromatic rings. The Morgan fingerprint density at radius 1 is 1.23 bits per heavy atom. The molecule has 0 bridgehead atoms. The smallest absolute Gasteiger partial charge is 0.256 e. The highest BCUT2D eigenvalue weighted by atomic mass is 19.1. The number of pyridine rings is 1. The van der Waals surface area contributed by atoms with E-state index in [0.717, 1.165) is 5.52 Å². The molecule has 35 heavy (non-hydrogen) atoms. The topological polar surface area (TPSA) is 120 Å². The fraction of sp³-hybridized carbons (Fsp3) is 0.458. The van der Waals surface area contributed by atoms with Gasteiger partial charge in [0.1, 0.15) is 12.5 Å². The Kier molecular flexibility index (Phi) is 6.46. The first-order valence-corrected chi connectivity index (χ1v) is 11.8. The van der Waals surface area contributed by atoms with E-state index in [1.807, 2.05) is 30.5 Å². The summed E-state index contributed by atoms with van der Waals surface area (Å²) in [6.45, 7) is 1.73. The number of amides is 1. The van der Waals surface area contributed by atoms with Gasteiger partial charge in [-0.1, -0.05) is 6.07 Å². The number of aliphatic hydroxyl groups is 1. The molecule has 1 amide bonds. The van der Waals surface area contributed by atoms with Crippen molar-refractivity contribution in [3.05, 3.63) is 36.4 Å². The monoisotopic (exact) mass is 479 g/mol. The summed E-state index contributed by atoms with van der Waals surface area (Å²) in [7, 11) is 0. The van der Waals surface area contributed by atoms with E-state index in [1.54, 1.807) is 20.5 Å². The van der Waals surface area contributed by atoms with Crippen molar-refractivity contribution in [2.45, 2.75) is 44.3 Å². The lowest BCUT2D eigenvalue weighted by molar-refractivity contribution is -0.132. The number of hydrogen-bond donors (Lipinski definition) is 1. The maximum absolute atomic E-state index is 15.7. The quantitative estimate of drug-likeness (QED) is 0.591. The summed E-state index contributed by atoms with van der Waals surface area (Å²) in [6, 6.07) is 7.50. The van der Waals surface area contributed by atoms with E-state index in [2.05, 4.69) is 15.1 Å². The molecule has 0 spiro atoms. The van der Waals surface area contributed by atoms with Crippen LogP contribution in [0.5, 0.6) is 5.88 Å². The van der Waals surface area contributed by atoms with Crippen LogP contribution in [0.2, 0.25) is 0 Å². The van der Waals surface area contributed by atoms with Crippen LogP contribution < -0.4 is 9.64 Å². The van der Waals surface area contributed by atoms with Gasteiger partial charge in [-0.15, -0.1) is 0 Å². The Morgan fingerprint density at radius 3 is 2.86 bits per heavy atom. The second kappa shape index (κ2) is 9.84. The predicted octanol–water partition coefficient (Wildman–Crippen LogP) is 2.17. The number of anilines is 1. The van der Waals surface area contributed by atoms with Crippen molar-refractivity contribution in [3.63, 3.8) is 0 Å². The van der Waals surface area contributed by atoms with E-state index in [1.165, 1.54) is 0 Å². The third-order valence-electron chi connectivity index (χ3n) is 6.47. The van der Waals surface area contributed by atoms with Crippen molar-refractivity contribution < 1.29 is 19.0 Å². The van der Waals surface area contributed by atoms with Crippen LogP contribution in [0.1, 0.15) is 32.1 Å². The minimum absolute atomic E-state index is 0.125. The highest BCUT2D eigenvalue weighted by Crippen LogP contribution is 2.32. The number of likely N-dealkylation sites (tertiary alicyclic amines) is 1. The third-order valence-corrected chi connectivity index (χ3v) is 6.47. The standard InChI is InChI=1S/C24H26FN7O3/c25-21-23(30-12-7-16(33)8-13-30)28-22(18-14-27-32-11-2-1-5-19(18)32)29-24(21)35-17-4-3-10-31(15-17)20(34)6-9-26/h1-2,5,11,14,16-17,33H,3-4,6-8,10,12-13,15H2/t17-/m1/s1. The van der Waals surface area contributed by atoms with Crippen molar-refractivity contribution in [1.82, 2.24) is 24.5 Å². The number of nitrogens with zero attached hydrogens (tertiary/aromatic N) is 7. The minimum Gasteiger partial charge on any atom is -0.470 e. The van der Waals surface area contributed by atoms with Crippen LogP contribution in [0.3, 0.4) is 0 Å². The second-order valence-corrected chi connectivity index (χ2v) is 8.85. The lowest BCUT2D eigenvalue weighted by Gasteiger charge is -2.33. The van der Waals surface area contributed by atoms with Gasteiger partial charge in [-0.05, 0) is 37.8 Å². The Bertz CT molecular complexity index is 1270. The van der Waals surface area contributed by atoms with Gasteiger partial charge in [0.2, 0.25) is 11.7 Å².